The first-order chi connectivity index (χ1) is 9.65. The van der Waals surface area contributed by atoms with E-state index >= 15 is 0 Å². The molecule has 1 atom stereocenters. The Morgan fingerprint density at radius 3 is 2.75 bits per heavy atom. The molecular formula is C16H22BrN3. The standard InChI is InChI=1S/C16H22BrN3/c1-4-8-20-15(6-7-19-20)16(18-5-2)13-9-12(3)10-14(17)11-13/h6-7,9-11,16,18H,4-5,8H2,1-3H3. The van der Waals surface area contributed by atoms with Gasteiger partial charge < -0.3 is 5.32 Å². The summed E-state index contributed by atoms with van der Waals surface area (Å²) in [5, 5.41) is 8.02. The van der Waals surface area contributed by atoms with Gasteiger partial charge >= 0.3 is 0 Å². The molecule has 1 unspecified atom stereocenters. The fourth-order valence-corrected chi connectivity index (χ4v) is 3.14. The van der Waals surface area contributed by atoms with E-state index in [9.17, 15) is 0 Å². The molecule has 1 aromatic heterocycles. The van der Waals surface area contributed by atoms with Crippen molar-refractivity contribution in [3.8, 4) is 0 Å². The van der Waals surface area contributed by atoms with Crippen LogP contribution in [0.15, 0.2) is 34.9 Å². The van der Waals surface area contributed by atoms with Crippen LogP contribution in [0.4, 0.5) is 0 Å². The molecule has 1 N–H and O–H groups in total. The molecule has 0 saturated carbocycles. The normalized spacial score (nSPS) is 12.6. The Kier molecular flexibility index (Phi) is 5.38. The Bertz CT molecular complexity index is 542. The number of aryl methyl sites for hydroxylation is 2. The summed E-state index contributed by atoms with van der Waals surface area (Å²) in [5.41, 5.74) is 3.77. The molecule has 2 aromatic rings. The molecule has 0 aliphatic rings. The molecule has 0 fully saturated rings. The van der Waals surface area contributed by atoms with E-state index in [1.54, 1.807) is 0 Å². The van der Waals surface area contributed by atoms with Gasteiger partial charge in [0, 0.05) is 17.2 Å². The minimum Gasteiger partial charge on any atom is -0.305 e. The van der Waals surface area contributed by atoms with Crippen LogP contribution in [-0.2, 0) is 6.54 Å². The average Bonchev–Trinajstić information content (AvgIpc) is 2.83. The van der Waals surface area contributed by atoms with Gasteiger partial charge in [0.1, 0.15) is 0 Å². The molecule has 4 heteroatoms. The topological polar surface area (TPSA) is 29.9 Å². The van der Waals surface area contributed by atoms with Crippen LogP contribution in [0, 0.1) is 6.92 Å². The lowest BCUT2D eigenvalue weighted by Gasteiger charge is -2.20. The van der Waals surface area contributed by atoms with Crippen LogP contribution >= 0.6 is 15.9 Å². The zero-order valence-electron chi connectivity index (χ0n) is 12.4. The van der Waals surface area contributed by atoms with E-state index in [1.165, 1.54) is 16.8 Å². The summed E-state index contributed by atoms with van der Waals surface area (Å²) in [6.45, 7) is 8.32. The Morgan fingerprint density at radius 1 is 1.30 bits per heavy atom. The maximum atomic E-state index is 4.44. The van der Waals surface area contributed by atoms with E-state index in [1.807, 2.05) is 6.20 Å². The van der Waals surface area contributed by atoms with Crippen molar-refractivity contribution in [1.29, 1.82) is 0 Å². The summed E-state index contributed by atoms with van der Waals surface area (Å²) in [6.07, 6.45) is 2.98. The van der Waals surface area contributed by atoms with E-state index in [4.69, 9.17) is 0 Å². The summed E-state index contributed by atoms with van der Waals surface area (Å²) in [4.78, 5) is 0. The molecule has 0 saturated heterocycles. The maximum Gasteiger partial charge on any atom is 0.0748 e. The average molecular weight is 336 g/mol. The van der Waals surface area contributed by atoms with Crippen LogP contribution < -0.4 is 5.32 Å². The number of nitrogens with one attached hydrogen (secondary N) is 1. The van der Waals surface area contributed by atoms with Crippen LogP contribution in [0.2, 0.25) is 0 Å². The molecule has 2 rings (SSSR count). The van der Waals surface area contributed by atoms with Gasteiger partial charge in [0.25, 0.3) is 0 Å². The molecule has 1 aromatic carbocycles. The van der Waals surface area contributed by atoms with Crippen LogP contribution in [0.25, 0.3) is 0 Å². The molecule has 0 spiro atoms. The summed E-state index contributed by atoms with van der Waals surface area (Å²) in [5.74, 6) is 0. The van der Waals surface area contributed by atoms with Crippen LogP contribution in [0.5, 0.6) is 0 Å². The molecule has 0 aliphatic heterocycles. The van der Waals surface area contributed by atoms with E-state index in [-0.39, 0.29) is 6.04 Å². The van der Waals surface area contributed by atoms with Gasteiger partial charge in [-0.05, 0) is 49.2 Å². The van der Waals surface area contributed by atoms with Gasteiger partial charge in [-0.3, -0.25) is 4.68 Å². The summed E-state index contributed by atoms with van der Waals surface area (Å²) < 4.78 is 3.22. The van der Waals surface area contributed by atoms with Gasteiger partial charge in [-0.1, -0.05) is 35.8 Å². The summed E-state index contributed by atoms with van der Waals surface area (Å²) >= 11 is 3.59. The zero-order chi connectivity index (χ0) is 14.5. The van der Waals surface area contributed by atoms with Crippen molar-refractivity contribution in [2.75, 3.05) is 6.54 Å². The van der Waals surface area contributed by atoms with Gasteiger partial charge in [-0.2, -0.15) is 5.10 Å². The molecule has 0 radical (unpaired) electrons. The molecular weight excluding hydrogens is 314 g/mol. The van der Waals surface area contributed by atoms with Gasteiger partial charge in [0.15, 0.2) is 0 Å². The van der Waals surface area contributed by atoms with Gasteiger partial charge in [-0.25, -0.2) is 0 Å². The SMILES string of the molecule is CCCn1nccc1C(NCC)c1cc(C)cc(Br)c1. The summed E-state index contributed by atoms with van der Waals surface area (Å²) in [6, 6.07) is 8.85. The third-order valence-corrected chi connectivity index (χ3v) is 3.74. The summed E-state index contributed by atoms with van der Waals surface area (Å²) in [7, 11) is 0. The fraction of sp³-hybridized carbons (Fsp3) is 0.438. The van der Waals surface area contributed by atoms with E-state index in [2.05, 4.69) is 76.1 Å². The van der Waals surface area contributed by atoms with Crippen LogP contribution in [-0.4, -0.2) is 16.3 Å². The number of hydrogen-bond acceptors (Lipinski definition) is 2. The van der Waals surface area contributed by atoms with Crippen molar-refractivity contribution >= 4 is 15.9 Å². The fourth-order valence-electron chi connectivity index (χ4n) is 2.52. The third kappa shape index (κ3) is 3.49. The maximum absolute atomic E-state index is 4.44. The predicted molar refractivity (Wildman–Crippen MR) is 86.9 cm³/mol. The molecule has 3 nitrogen and oxygen atoms in total. The van der Waals surface area contributed by atoms with E-state index in [0.717, 1.165) is 24.0 Å². The lowest BCUT2D eigenvalue weighted by molar-refractivity contribution is 0.520. The Labute approximate surface area is 129 Å². The third-order valence-electron chi connectivity index (χ3n) is 3.29. The number of aromatic nitrogens is 2. The number of nitrogens with zero attached hydrogens (tertiary/aromatic N) is 2. The molecule has 108 valence electrons. The molecule has 0 aliphatic carbocycles. The molecule has 20 heavy (non-hydrogen) atoms. The molecule has 1 heterocycles. The second-order valence-electron chi connectivity index (χ2n) is 5.03. The van der Waals surface area contributed by atoms with Crippen molar-refractivity contribution in [3.05, 3.63) is 51.8 Å². The van der Waals surface area contributed by atoms with Gasteiger partial charge in [0.2, 0.25) is 0 Å². The highest BCUT2D eigenvalue weighted by Crippen LogP contribution is 2.26. The lowest BCUT2D eigenvalue weighted by atomic mass is 10.0. The first-order valence-electron chi connectivity index (χ1n) is 7.17. The van der Waals surface area contributed by atoms with Crippen molar-refractivity contribution in [1.82, 2.24) is 15.1 Å². The zero-order valence-corrected chi connectivity index (χ0v) is 13.9. The highest BCUT2D eigenvalue weighted by molar-refractivity contribution is 9.10. The quantitative estimate of drug-likeness (QED) is 0.862. The predicted octanol–water partition coefficient (Wildman–Crippen LogP) is 4.06. The van der Waals surface area contributed by atoms with Crippen LogP contribution in [0.3, 0.4) is 0 Å². The first-order valence-corrected chi connectivity index (χ1v) is 7.97. The van der Waals surface area contributed by atoms with Crippen molar-refractivity contribution in [3.63, 3.8) is 0 Å². The number of rotatable bonds is 6. The molecule has 0 bridgehead atoms. The second kappa shape index (κ2) is 7.04. The number of halogens is 1. The minimum atomic E-state index is 0.185. The Hall–Kier alpha value is -1.13. The largest absolute Gasteiger partial charge is 0.305 e. The van der Waals surface area contributed by atoms with Crippen molar-refractivity contribution in [2.45, 2.75) is 39.8 Å². The highest BCUT2D eigenvalue weighted by atomic mass is 79.9. The lowest BCUT2D eigenvalue weighted by Crippen LogP contribution is -2.25. The number of hydrogen-bond donors (Lipinski definition) is 1. The molecule has 0 amide bonds. The van der Waals surface area contributed by atoms with Crippen molar-refractivity contribution in [2.24, 2.45) is 0 Å². The monoisotopic (exact) mass is 335 g/mol. The smallest absolute Gasteiger partial charge is 0.0748 e. The van der Waals surface area contributed by atoms with Gasteiger partial charge in [-0.15, -0.1) is 0 Å². The van der Waals surface area contributed by atoms with E-state index < -0.39 is 0 Å². The van der Waals surface area contributed by atoms with Gasteiger partial charge in [0.05, 0.1) is 11.7 Å². The first kappa shape index (κ1) is 15.3. The van der Waals surface area contributed by atoms with Crippen LogP contribution in [0.1, 0.15) is 43.1 Å². The van der Waals surface area contributed by atoms with E-state index in [0.29, 0.717) is 0 Å². The Balaban J connectivity index is 2.41. The number of benzene rings is 1. The Morgan fingerprint density at radius 2 is 2.10 bits per heavy atom. The van der Waals surface area contributed by atoms with Crippen molar-refractivity contribution < 1.29 is 0 Å². The minimum absolute atomic E-state index is 0.185. The second-order valence-corrected chi connectivity index (χ2v) is 5.95. The highest BCUT2D eigenvalue weighted by Gasteiger charge is 2.17.